The van der Waals surface area contributed by atoms with Gasteiger partial charge in [0.2, 0.25) is 0 Å². The third kappa shape index (κ3) is 1.71. The molecular formula is C6H8OS2. The van der Waals surface area contributed by atoms with E-state index in [-0.39, 0.29) is 6.10 Å². The molecule has 0 aliphatic carbocycles. The zero-order chi connectivity index (χ0) is 6.69. The summed E-state index contributed by atoms with van der Waals surface area (Å²) in [5, 5.41) is 11.1. The fourth-order valence-corrected chi connectivity index (χ4v) is 1.60. The molecule has 0 saturated carbocycles. The van der Waals surface area contributed by atoms with Crippen molar-refractivity contribution >= 4 is 24.0 Å². The van der Waals surface area contributed by atoms with Crippen molar-refractivity contribution in [3.05, 3.63) is 22.4 Å². The molecule has 1 unspecified atom stereocenters. The average Bonchev–Trinajstić information content (AvgIpc) is 2.37. The summed E-state index contributed by atoms with van der Waals surface area (Å²) < 4.78 is 0. The number of rotatable bonds is 2. The van der Waals surface area contributed by atoms with Gasteiger partial charge in [0.15, 0.2) is 0 Å². The molecule has 0 aliphatic rings. The van der Waals surface area contributed by atoms with Crippen LogP contribution in [0.25, 0.3) is 0 Å². The number of thiol groups is 1. The zero-order valence-corrected chi connectivity index (χ0v) is 6.53. The maximum Gasteiger partial charge on any atom is 0.0969 e. The lowest BCUT2D eigenvalue weighted by Gasteiger charge is -2.00. The van der Waals surface area contributed by atoms with Crippen LogP contribution in [0.1, 0.15) is 11.0 Å². The lowest BCUT2D eigenvalue weighted by atomic mass is 10.3. The smallest absolute Gasteiger partial charge is 0.0969 e. The van der Waals surface area contributed by atoms with Gasteiger partial charge in [-0.15, -0.1) is 11.3 Å². The van der Waals surface area contributed by atoms with Crippen molar-refractivity contribution in [2.75, 3.05) is 5.75 Å². The van der Waals surface area contributed by atoms with Gasteiger partial charge in [-0.25, -0.2) is 0 Å². The van der Waals surface area contributed by atoms with Gasteiger partial charge in [0, 0.05) is 10.6 Å². The highest BCUT2D eigenvalue weighted by Gasteiger charge is 2.03. The molecular weight excluding hydrogens is 152 g/mol. The van der Waals surface area contributed by atoms with Crippen molar-refractivity contribution in [3.8, 4) is 0 Å². The molecule has 0 aliphatic heterocycles. The first-order valence-electron chi connectivity index (χ1n) is 2.67. The Labute approximate surface area is 63.8 Å². The Bertz CT molecular complexity index is 160. The number of hydrogen-bond acceptors (Lipinski definition) is 3. The molecule has 0 fully saturated rings. The molecule has 9 heavy (non-hydrogen) atoms. The van der Waals surface area contributed by atoms with E-state index >= 15 is 0 Å². The third-order valence-electron chi connectivity index (χ3n) is 1.04. The maximum atomic E-state index is 9.15. The zero-order valence-electron chi connectivity index (χ0n) is 4.82. The Hall–Kier alpha value is 0.01000. The first-order chi connectivity index (χ1) is 4.34. The Morgan fingerprint density at radius 2 is 2.56 bits per heavy atom. The second kappa shape index (κ2) is 3.25. The highest BCUT2D eigenvalue weighted by Crippen LogP contribution is 2.18. The molecule has 1 aromatic rings. The summed E-state index contributed by atoms with van der Waals surface area (Å²) in [5.41, 5.74) is 0. The van der Waals surface area contributed by atoms with Crippen molar-refractivity contribution in [1.82, 2.24) is 0 Å². The fourth-order valence-electron chi connectivity index (χ4n) is 0.571. The van der Waals surface area contributed by atoms with Crippen LogP contribution in [0.5, 0.6) is 0 Å². The summed E-state index contributed by atoms with van der Waals surface area (Å²) >= 11 is 5.52. The van der Waals surface area contributed by atoms with E-state index in [2.05, 4.69) is 12.6 Å². The minimum absolute atomic E-state index is 0.381. The van der Waals surface area contributed by atoms with Crippen molar-refractivity contribution in [3.63, 3.8) is 0 Å². The second-order valence-corrected chi connectivity index (χ2v) is 3.06. The summed E-state index contributed by atoms with van der Waals surface area (Å²) in [6.07, 6.45) is -0.381. The van der Waals surface area contributed by atoms with Crippen LogP contribution in [0.3, 0.4) is 0 Å². The lowest BCUT2D eigenvalue weighted by Crippen LogP contribution is -1.93. The van der Waals surface area contributed by atoms with Crippen molar-refractivity contribution in [2.45, 2.75) is 6.10 Å². The van der Waals surface area contributed by atoms with Gasteiger partial charge < -0.3 is 5.11 Å². The van der Waals surface area contributed by atoms with Gasteiger partial charge in [-0.05, 0) is 11.4 Å². The molecule has 50 valence electrons. The van der Waals surface area contributed by atoms with Crippen LogP contribution in [-0.2, 0) is 0 Å². The van der Waals surface area contributed by atoms with Crippen LogP contribution in [0.15, 0.2) is 17.5 Å². The normalized spacial score (nSPS) is 13.6. The molecule has 1 rings (SSSR count). The summed E-state index contributed by atoms with van der Waals surface area (Å²) in [5.74, 6) is 0.501. The van der Waals surface area contributed by atoms with Crippen LogP contribution in [0, 0.1) is 0 Å². The maximum absolute atomic E-state index is 9.15. The molecule has 1 heterocycles. The molecule has 0 radical (unpaired) electrons. The monoisotopic (exact) mass is 160 g/mol. The number of hydrogen-bond donors (Lipinski definition) is 2. The summed E-state index contributed by atoms with van der Waals surface area (Å²) in [7, 11) is 0. The first kappa shape index (κ1) is 7.12. The van der Waals surface area contributed by atoms with E-state index < -0.39 is 0 Å². The molecule has 0 bridgehead atoms. The van der Waals surface area contributed by atoms with Crippen molar-refractivity contribution in [1.29, 1.82) is 0 Å². The standard InChI is InChI=1S/C6H8OS2/c7-5(4-8)6-2-1-3-9-6/h1-3,5,7-8H,4H2. The van der Waals surface area contributed by atoms with E-state index in [4.69, 9.17) is 5.11 Å². The van der Waals surface area contributed by atoms with Crippen molar-refractivity contribution in [2.24, 2.45) is 0 Å². The highest BCUT2D eigenvalue weighted by atomic mass is 32.1. The van der Waals surface area contributed by atoms with Gasteiger partial charge in [0.25, 0.3) is 0 Å². The van der Waals surface area contributed by atoms with E-state index in [9.17, 15) is 0 Å². The van der Waals surface area contributed by atoms with Crippen LogP contribution in [0.4, 0.5) is 0 Å². The Balaban J connectivity index is 2.65. The van der Waals surface area contributed by atoms with Gasteiger partial charge in [0.05, 0.1) is 6.10 Å². The molecule has 1 aromatic heterocycles. The first-order valence-corrected chi connectivity index (χ1v) is 4.18. The van der Waals surface area contributed by atoms with Crippen LogP contribution in [0.2, 0.25) is 0 Å². The van der Waals surface area contributed by atoms with E-state index in [0.29, 0.717) is 5.75 Å². The predicted octanol–water partition coefficient (Wildman–Crippen LogP) is 1.71. The van der Waals surface area contributed by atoms with Gasteiger partial charge in [-0.2, -0.15) is 12.6 Å². The molecule has 0 saturated heterocycles. The highest BCUT2D eigenvalue weighted by molar-refractivity contribution is 7.80. The quantitative estimate of drug-likeness (QED) is 0.631. The van der Waals surface area contributed by atoms with Gasteiger partial charge >= 0.3 is 0 Å². The SMILES string of the molecule is OC(CS)c1cccs1. The van der Waals surface area contributed by atoms with E-state index in [1.807, 2.05) is 17.5 Å². The van der Waals surface area contributed by atoms with Gasteiger partial charge in [-0.1, -0.05) is 6.07 Å². The minimum Gasteiger partial charge on any atom is -0.387 e. The molecule has 1 nitrogen and oxygen atoms in total. The summed E-state index contributed by atoms with van der Waals surface area (Å²) in [6, 6.07) is 3.83. The summed E-state index contributed by atoms with van der Waals surface area (Å²) in [4.78, 5) is 0.991. The van der Waals surface area contributed by atoms with E-state index in [1.54, 1.807) is 11.3 Å². The number of thiophene rings is 1. The Kier molecular flexibility index (Phi) is 2.57. The summed E-state index contributed by atoms with van der Waals surface area (Å²) in [6.45, 7) is 0. The van der Waals surface area contributed by atoms with Crippen LogP contribution >= 0.6 is 24.0 Å². The molecule has 3 heteroatoms. The Morgan fingerprint density at radius 3 is 3.00 bits per heavy atom. The Morgan fingerprint density at radius 1 is 1.78 bits per heavy atom. The molecule has 1 N–H and O–H groups in total. The molecule has 0 amide bonds. The topological polar surface area (TPSA) is 20.2 Å². The number of aliphatic hydroxyl groups excluding tert-OH is 1. The van der Waals surface area contributed by atoms with E-state index in [0.717, 1.165) is 4.88 Å². The average molecular weight is 160 g/mol. The largest absolute Gasteiger partial charge is 0.387 e. The van der Waals surface area contributed by atoms with Gasteiger partial charge in [0.1, 0.15) is 0 Å². The third-order valence-corrected chi connectivity index (χ3v) is 2.36. The lowest BCUT2D eigenvalue weighted by molar-refractivity contribution is 0.208. The minimum atomic E-state index is -0.381. The van der Waals surface area contributed by atoms with E-state index in [1.165, 1.54) is 0 Å². The van der Waals surface area contributed by atoms with Gasteiger partial charge in [-0.3, -0.25) is 0 Å². The van der Waals surface area contributed by atoms with Crippen LogP contribution in [-0.4, -0.2) is 10.9 Å². The molecule has 1 atom stereocenters. The van der Waals surface area contributed by atoms with Crippen molar-refractivity contribution < 1.29 is 5.11 Å². The predicted molar refractivity (Wildman–Crippen MR) is 43.1 cm³/mol. The number of aliphatic hydroxyl groups is 1. The van der Waals surface area contributed by atoms with Crippen LogP contribution < -0.4 is 0 Å². The second-order valence-electron chi connectivity index (χ2n) is 1.71. The fraction of sp³-hybridized carbons (Fsp3) is 0.333. The molecule has 0 spiro atoms. The molecule has 0 aromatic carbocycles.